The van der Waals surface area contributed by atoms with Crippen molar-refractivity contribution >= 4 is 29.2 Å². The zero-order valence-electron chi connectivity index (χ0n) is 9.15. The Morgan fingerprint density at radius 1 is 1.37 bits per heavy atom. The number of hydrogen-bond donors (Lipinski definition) is 1. The van der Waals surface area contributed by atoms with Crippen LogP contribution in [-0.4, -0.2) is 20.9 Å². The predicted octanol–water partition coefficient (Wildman–Crippen LogP) is 3.81. The molecule has 0 aliphatic heterocycles. The van der Waals surface area contributed by atoms with E-state index in [0.717, 1.165) is 10.9 Å². The number of alkyl halides is 2. The number of hydrogen-bond acceptors (Lipinski definition) is 2. The van der Waals surface area contributed by atoms with E-state index in [1.54, 1.807) is 0 Å². The van der Waals surface area contributed by atoms with E-state index in [4.69, 9.17) is 28.3 Å². The van der Waals surface area contributed by atoms with Crippen molar-refractivity contribution in [2.75, 3.05) is 0 Å². The van der Waals surface area contributed by atoms with Gasteiger partial charge in [-0.2, -0.15) is 5.10 Å². The first-order valence-corrected chi connectivity index (χ1v) is 5.72. The van der Waals surface area contributed by atoms with E-state index in [1.165, 1.54) is 18.2 Å². The summed E-state index contributed by atoms with van der Waals surface area (Å²) in [6.07, 6.45) is -2.14. The Bertz CT molecular complexity index is 644. The summed E-state index contributed by atoms with van der Waals surface area (Å²) in [5, 5.41) is 12.9. The first-order valence-electron chi connectivity index (χ1n) is 4.96. The van der Waals surface area contributed by atoms with Crippen LogP contribution < -0.4 is 0 Å². The fourth-order valence-corrected chi connectivity index (χ4v) is 2.07. The quantitative estimate of drug-likeness (QED) is 0.938. The molecule has 0 saturated heterocycles. The second-order valence-corrected chi connectivity index (χ2v) is 4.40. The molecular weight excluding hydrogens is 301 g/mol. The van der Waals surface area contributed by atoms with Crippen molar-refractivity contribution in [1.29, 1.82) is 0 Å². The molecular formula is C11H6Cl2F2N2O2. The zero-order valence-corrected chi connectivity index (χ0v) is 10.7. The average molecular weight is 307 g/mol. The van der Waals surface area contributed by atoms with E-state index in [2.05, 4.69) is 5.10 Å². The van der Waals surface area contributed by atoms with Crippen LogP contribution in [-0.2, 0) is 0 Å². The highest BCUT2D eigenvalue weighted by Gasteiger charge is 2.25. The van der Waals surface area contributed by atoms with E-state index >= 15 is 0 Å². The van der Waals surface area contributed by atoms with Crippen LogP contribution in [0.3, 0.4) is 0 Å². The molecule has 1 N–H and O–H groups in total. The van der Waals surface area contributed by atoms with Gasteiger partial charge in [0, 0.05) is 5.02 Å². The van der Waals surface area contributed by atoms with Gasteiger partial charge >= 0.3 is 5.97 Å². The molecule has 2 aromatic rings. The number of benzene rings is 1. The first kappa shape index (κ1) is 13.8. The van der Waals surface area contributed by atoms with Crippen LogP contribution in [0.2, 0.25) is 10.0 Å². The van der Waals surface area contributed by atoms with Gasteiger partial charge in [0.25, 0.3) is 6.43 Å². The van der Waals surface area contributed by atoms with Crippen molar-refractivity contribution in [1.82, 2.24) is 9.78 Å². The lowest BCUT2D eigenvalue weighted by Gasteiger charge is -2.09. The molecule has 0 unspecified atom stereocenters. The van der Waals surface area contributed by atoms with Gasteiger partial charge in [0.05, 0.1) is 16.9 Å². The maximum atomic E-state index is 13.0. The number of rotatable bonds is 3. The van der Waals surface area contributed by atoms with Crippen molar-refractivity contribution in [3.05, 3.63) is 45.7 Å². The van der Waals surface area contributed by atoms with Gasteiger partial charge < -0.3 is 5.11 Å². The number of carboxylic acids is 1. The highest BCUT2D eigenvalue weighted by molar-refractivity contribution is 6.35. The maximum Gasteiger partial charge on any atom is 0.339 e. The lowest BCUT2D eigenvalue weighted by atomic mass is 10.2. The molecule has 0 aliphatic rings. The van der Waals surface area contributed by atoms with Gasteiger partial charge in [-0.3, -0.25) is 0 Å². The number of nitrogens with zero attached hydrogens (tertiary/aromatic N) is 2. The lowest BCUT2D eigenvalue weighted by molar-refractivity contribution is 0.0683. The van der Waals surface area contributed by atoms with Gasteiger partial charge in [0.1, 0.15) is 11.3 Å². The molecule has 0 atom stereocenters. The molecule has 0 radical (unpaired) electrons. The molecule has 100 valence electrons. The van der Waals surface area contributed by atoms with Crippen molar-refractivity contribution in [3.63, 3.8) is 0 Å². The summed E-state index contributed by atoms with van der Waals surface area (Å²) in [6.45, 7) is 0. The zero-order chi connectivity index (χ0) is 14.2. The summed E-state index contributed by atoms with van der Waals surface area (Å²) >= 11 is 11.6. The Balaban J connectivity index is 2.65. The molecule has 0 fully saturated rings. The average Bonchev–Trinajstić information content (AvgIpc) is 2.73. The molecule has 0 saturated carbocycles. The SMILES string of the molecule is O=C(O)c1cnn(-c2ccc(Cl)cc2Cl)c1C(F)F. The molecule has 1 aromatic heterocycles. The van der Waals surface area contributed by atoms with Gasteiger partial charge in [-0.15, -0.1) is 0 Å². The summed E-state index contributed by atoms with van der Waals surface area (Å²) in [5.74, 6) is -1.48. The van der Waals surface area contributed by atoms with Gasteiger partial charge in [-0.1, -0.05) is 23.2 Å². The molecule has 0 aliphatic carbocycles. The number of halogens is 4. The summed E-state index contributed by atoms with van der Waals surface area (Å²) in [4.78, 5) is 10.9. The van der Waals surface area contributed by atoms with E-state index in [-0.39, 0.29) is 10.7 Å². The molecule has 4 nitrogen and oxygen atoms in total. The lowest BCUT2D eigenvalue weighted by Crippen LogP contribution is -2.07. The minimum Gasteiger partial charge on any atom is -0.478 e. The fourth-order valence-electron chi connectivity index (χ4n) is 1.58. The fraction of sp³-hybridized carbons (Fsp3) is 0.0909. The third-order valence-electron chi connectivity index (χ3n) is 2.38. The topological polar surface area (TPSA) is 55.1 Å². The van der Waals surface area contributed by atoms with Gasteiger partial charge in [0.15, 0.2) is 0 Å². The molecule has 8 heteroatoms. The summed E-state index contributed by atoms with van der Waals surface area (Å²) < 4.78 is 26.8. The monoisotopic (exact) mass is 306 g/mol. The standard InChI is InChI=1S/C11H6Cl2F2N2O2/c12-5-1-2-8(7(13)3-5)17-9(10(14)15)6(4-16-17)11(18)19/h1-4,10H,(H,18,19). The Morgan fingerprint density at radius 2 is 2.05 bits per heavy atom. The van der Waals surface area contributed by atoms with Crippen molar-refractivity contribution < 1.29 is 18.7 Å². The van der Waals surface area contributed by atoms with Crippen molar-refractivity contribution in [2.45, 2.75) is 6.43 Å². The Hall–Kier alpha value is -1.66. The molecule has 19 heavy (non-hydrogen) atoms. The minimum absolute atomic E-state index is 0.0921. The van der Waals surface area contributed by atoms with E-state index in [0.29, 0.717) is 5.02 Å². The Morgan fingerprint density at radius 3 is 2.58 bits per heavy atom. The summed E-state index contributed by atoms with van der Waals surface area (Å²) in [5.41, 5.74) is -1.16. The van der Waals surface area contributed by atoms with E-state index in [9.17, 15) is 13.6 Å². The molecule has 0 amide bonds. The number of aromatic carboxylic acids is 1. The Labute approximate surface area is 116 Å². The van der Waals surface area contributed by atoms with Gasteiger partial charge in [-0.25, -0.2) is 18.3 Å². The van der Waals surface area contributed by atoms with Crippen LogP contribution in [0.15, 0.2) is 24.4 Å². The van der Waals surface area contributed by atoms with Gasteiger partial charge in [-0.05, 0) is 18.2 Å². The largest absolute Gasteiger partial charge is 0.478 e. The molecule has 1 aromatic carbocycles. The van der Waals surface area contributed by atoms with Crippen molar-refractivity contribution in [3.8, 4) is 5.69 Å². The van der Waals surface area contributed by atoms with E-state index < -0.39 is 23.7 Å². The highest BCUT2D eigenvalue weighted by Crippen LogP contribution is 2.30. The van der Waals surface area contributed by atoms with Crippen LogP contribution in [0, 0.1) is 0 Å². The number of carboxylic acid groups (broad SMARTS) is 1. The van der Waals surface area contributed by atoms with Crippen LogP contribution in [0.25, 0.3) is 5.69 Å². The normalized spacial score (nSPS) is 11.0. The van der Waals surface area contributed by atoms with Crippen LogP contribution in [0.5, 0.6) is 0 Å². The predicted molar refractivity (Wildman–Crippen MR) is 65.5 cm³/mol. The maximum absolute atomic E-state index is 13.0. The van der Waals surface area contributed by atoms with E-state index in [1.807, 2.05) is 0 Å². The molecule has 0 bridgehead atoms. The second kappa shape index (κ2) is 5.14. The van der Waals surface area contributed by atoms with Crippen LogP contribution in [0.4, 0.5) is 8.78 Å². The molecule has 0 spiro atoms. The third kappa shape index (κ3) is 2.54. The van der Waals surface area contributed by atoms with Crippen molar-refractivity contribution in [2.24, 2.45) is 0 Å². The third-order valence-corrected chi connectivity index (χ3v) is 2.92. The van der Waals surface area contributed by atoms with Crippen LogP contribution in [0.1, 0.15) is 22.5 Å². The molecule has 2 rings (SSSR count). The minimum atomic E-state index is -3.00. The number of carbonyl (C=O) groups is 1. The second-order valence-electron chi connectivity index (χ2n) is 3.56. The summed E-state index contributed by atoms with van der Waals surface area (Å²) in [6, 6.07) is 4.19. The number of aromatic nitrogens is 2. The van der Waals surface area contributed by atoms with Gasteiger partial charge in [0.2, 0.25) is 0 Å². The Kier molecular flexibility index (Phi) is 3.73. The first-order chi connectivity index (χ1) is 8.91. The summed E-state index contributed by atoms with van der Waals surface area (Å²) in [7, 11) is 0. The molecule has 1 heterocycles. The smallest absolute Gasteiger partial charge is 0.339 e. The van der Waals surface area contributed by atoms with Crippen LogP contribution >= 0.6 is 23.2 Å². The highest BCUT2D eigenvalue weighted by atomic mass is 35.5.